The smallest absolute Gasteiger partial charge is 0.135 e. The third-order valence-corrected chi connectivity index (χ3v) is 9.99. The molecule has 8 aromatic carbocycles. The molecule has 0 aliphatic rings. The molecule has 0 radical (unpaired) electrons. The van der Waals surface area contributed by atoms with Gasteiger partial charge < -0.3 is 13.9 Å². The standard InChI is InChI=1S/C48H32N2O/c1-2-13-33(14-3-1)35-15-12-16-37(31-35)49(38-29-30-48-43(32-38)42-20-7-11-24-47(42)51-48)36-27-25-34(26-28-36)39-17-4-8-21-44(39)50-45-22-9-5-18-40(45)41-19-6-10-23-46(41)50/h1-32H. The van der Waals surface area contributed by atoms with Crippen molar-refractivity contribution in [2.75, 3.05) is 4.90 Å². The van der Waals surface area contributed by atoms with Gasteiger partial charge >= 0.3 is 0 Å². The van der Waals surface area contributed by atoms with Gasteiger partial charge in [0.25, 0.3) is 0 Å². The predicted molar refractivity (Wildman–Crippen MR) is 214 cm³/mol. The van der Waals surface area contributed by atoms with Crippen molar-refractivity contribution in [1.29, 1.82) is 0 Å². The van der Waals surface area contributed by atoms with Crippen LogP contribution in [-0.2, 0) is 0 Å². The molecule has 3 nitrogen and oxygen atoms in total. The maximum absolute atomic E-state index is 6.22. The highest BCUT2D eigenvalue weighted by Crippen LogP contribution is 2.41. The number of furan rings is 1. The molecular weight excluding hydrogens is 621 g/mol. The first kappa shape index (κ1) is 29.1. The van der Waals surface area contributed by atoms with Crippen LogP contribution >= 0.6 is 0 Å². The Morgan fingerprint density at radius 1 is 0.353 bits per heavy atom. The van der Waals surface area contributed by atoms with Crippen molar-refractivity contribution in [1.82, 2.24) is 4.57 Å². The first-order valence-corrected chi connectivity index (χ1v) is 17.4. The van der Waals surface area contributed by atoms with E-state index >= 15 is 0 Å². The fourth-order valence-electron chi connectivity index (χ4n) is 7.64. The summed E-state index contributed by atoms with van der Waals surface area (Å²) in [5, 5.41) is 4.73. The van der Waals surface area contributed by atoms with Gasteiger partial charge in [-0.05, 0) is 83.4 Å². The summed E-state index contributed by atoms with van der Waals surface area (Å²) < 4.78 is 8.62. The molecule has 0 saturated carbocycles. The summed E-state index contributed by atoms with van der Waals surface area (Å²) in [6, 6.07) is 69.2. The van der Waals surface area contributed by atoms with Gasteiger partial charge in [-0.3, -0.25) is 0 Å². The van der Waals surface area contributed by atoms with Crippen molar-refractivity contribution in [2.24, 2.45) is 0 Å². The highest BCUT2D eigenvalue weighted by Gasteiger charge is 2.18. The number of para-hydroxylation sites is 4. The Morgan fingerprint density at radius 3 is 1.73 bits per heavy atom. The van der Waals surface area contributed by atoms with E-state index in [0.29, 0.717) is 0 Å². The van der Waals surface area contributed by atoms with Crippen molar-refractivity contribution in [3.05, 3.63) is 194 Å². The fourth-order valence-corrected chi connectivity index (χ4v) is 7.64. The summed E-state index contributed by atoms with van der Waals surface area (Å²) in [6.07, 6.45) is 0. The number of hydrogen-bond donors (Lipinski definition) is 0. The first-order valence-electron chi connectivity index (χ1n) is 17.4. The minimum absolute atomic E-state index is 0.884. The van der Waals surface area contributed by atoms with Gasteiger partial charge in [0.05, 0.1) is 16.7 Å². The van der Waals surface area contributed by atoms with Gasteiger partial charge in [-0.25, -0.2) is 0 Å². The largest absolute Gasteiger partial charge is 0.456 e. The third kappa shape index (κ3) is 4.90. The summed E-state index contributed by atoms with van der Waals surface area (Å²) in [5.74, 6) is 0. The maximum Gasteiger partial charge on any atom is 0.135 e. The monoisotopic (exact) mass is 652 g/mol. The number of hydrogen-bond acceptors (Lipinski definition) is 2. The van der Waals surface area contributed by atoms with E-state index in [0.717, 1.165) is 50.3 Å². The summed E-state index contributed by atoms with van der Waals surface area (Å²) >= 11 is 0. The first-order chi connectivity index (χ1) is 25.3. The second-order valence-electron chi connectivity index (χ2n) is 13.0. The van der Waals surface area contributed by atoms with E-state index in [2.05, 4.69) is 191 Å². The molecule has 0 atom stereocenters. The van der Waals surface area contributed by atoms with Crippen LogP contribution < -0.4 is 4.90 Å². The van der Waals surface area contributed by atoms with Gasteiger partial charge in [0.2, 0.25) is 0 Å². The van der Waals surface area contributed by atoms with Crippen molar-refractivity contribution < 1.29 is 4.42 Å². The number of fused-ring (bicyclic) bond motifs is 6. The lowest BCUT2D eigenvalue weighted by Crippen LogP contribution is -2.10. The number of rotatable bonds is 6. The number of benzene rings is 8. The molecule has 0 aliphatic carbocycles. The number of aromatic nitrogens is 1. The quantitative estimate of drug-likeness (QED) is 0.178. The molecule has 51 heavy (non-hydrogen) atoms. The SMILES string of the molecule is c1ccc(-c2cccc(N(c3ccc(-c4ccccc4-n4c5ccccc5c5ccccc54)cc3)c3ccc4oc5ccccc5c4c3)c2)cc1. The fraction of sp³-hybridized carbons (Fsp3) is 0. The Morgan fingerprint density at radius 2 is 0.941 bits per heavy atom. The molecular formula is C48H32N2O. The van der Waals surface area contributed by atoms with Gasteiger partial charge in [-0.1, -0.05) is 127 Å². The molecule has 10 rings (SSSR count). The predicted octanol–water partition coefficient (Wildman–Crippen LogP) is 13.5. The van der Waals surface area contributed by atoms with Crippen LogP contribution in [0, 0.1) is 0 Å². The molecule has 0 N–H and O–H groups in total. The Balaban J connectivity index is 1.12. The van der Waals surface area contributed by atoms with Crippen LogP contribution in [0.5, 0.6) is 0 Å². The zero-order chi connectivity index (χ0) is 33.7. The van der Waals surface area contributed by atoms with E-state index < -0.39 is 0 Å². The zero-order valence-corrected chi connectivity index (χ0v) is 27.8. The molecule has 2 aromatic heterocycles. The van der Waals surface area contributed by atoms with Crippen LogP contribution in [0.15, 0.2) is 199 Å². The van der Waals surface area contributed by atoms with Gasteiger partial charge in [-0.2, -0.15) is 0 Å². The molecule has 0 saturated heterocycles. The summed E-state index contributed by atoms with van der Waals surface area (Å²) in [6.45, 7) is 0. The molecule has 10 aromatic rings. The average Bonchev–Trinajstić information content (AvgIpc) is 3.74. The minimum atomic E-state index is 0.884. The number of anilines is 3. The second kappa shape index (κ2) is 11.9. The van der Waals surface area contributed by atoms with Crippen molar-refractivity contribution in [2.45, 2.75) is 0 Å². The molecule has 2 heterocycles. The molecule has 3 heteroatoms. The minimum Gasteiger partial charge on any atom is -0.456 e. The van der Waals surface area contributed by atoms with Crippen molar-refractivity contribution in [3.63, 3.8) is 0 Å². The van der Waals surface area contributed by atoms with E-state index in [1.165, 1.54) is 38.5 Å². The van der Waals surface area contributed by atoms with Gasteiger partial charge in [0.15, 0.2) is 0 Å². The van der Waals surface area contributed by atoms with E-state index in [1.54, 1.807) is 0 Å². The molecule has 0 amide bonds. The Hall–Kier alpha value is -6.84. The van der Waals surface area contributed by atoms with E-state index in [9.17, 15) is 0 Å². The molecule has 240 valence electrons. The number of nitrogens with zero attached hydrogens (tertiary/aromatic N) is 2. The lowest BCUT2D eigenvalue weighted by molar-refractivity contribution is 0.669. The van der Waals surface area contributed by atoms with E-state index in [-0.39, 0.29) is 0 Å². The average molecular weight is 653 g/mol. The lowest BCUT2D eigenvalue weighted by Gasteiger charge is -2.26. The molecule has 0 aliphatic heterocycles. The zero-order valence-electron chi connectivity index (χ0n) is 27.8. The molecule has 0 fully saturated rings. The molecule has 0 spiro atoms. The van der Waals surface area contributed by atoms with Crippen LogP contribution in [0.3, 0.4) is 0 Å². The van der Waals surface area contributed by atoms with Gasteiger partial charge in [0.1, 0.15) is 11.2 Å². The van der Waals surface area contributed by atoms with Crippen molar-refractivity contribution in [3.8, 4) is 27.9 Å². The summed E-state index contributed by atoms with van der Waals surface area (Å²) in [7, 11) is 0. The summed E-state index contributed by atoms with van der Waals surface area (Å²) in [5.41, 5.74) is 13.3. The highest BCUT2D eigenvalue weighted by molar-refractivity contribution is 6.10. The van der Waals surface area contributed by atoms with Crippen LogP contribution in [0.25, 0.3) is 71.7 Å². The van der Waals surface area contributed by atoms with E-state index in [1.807, 2.05) is 12.1 Å². The Kier molecular flexibility index (Phi) is 6.81. The van der Waals surface area contributed by atoms with E-state index in [4.69, 9.17) is 4.42 Å². The summed E-state index contributed by atoms with van der Waals surface area (Å²) in [4.78, 5) is 2.34. The van der Waals surface area contributed by atoms with Crippen LogP contribution in [-0.4, -0.2) is 4.57 Å². The van der Waals surface area contributed by atoms with Gasteiger partial charge in [-0.15, -0.1) is 0 Å². The van der Waals surface area contributed by atoms with Crippen molar-refractivity contribution >= 4 is 60.8 Å². The second-order valence-corrected chi connectivity index (χ2v) is 13.0. The maximum atomic E-state index is 6.22. The molecule has 0 bridgehead atoms. The lowest BCUT2D eigenvalue weighted by atomic mass is 10.0. The Bertz CT molecular complexity index is 2810. The highest BCUT2D eigenvalue weighted by atomic mass is 16.3. The van der Waals surface area contributed by atoms with Crippen LogP contribution in [0.2, 0.25) is 0 Å². The van der Waals surface area contributed by atoms with Crippen LogP contribution in [0.4, 0.5) is 17.1 Å². The van der Waals surface area contributed by atoms with Gasteiger partial charge in [0, 0.05) is 44.2 Å². The normalized spacial score (nSPS) is 11.5. The molecule has 0 unspecified atom stereocenters. The third-order valence-electron chi connectivity index (χ3n) is 9.99. The topological polar surface area (TPSA) is 21.3 Å². The van der Waals surface area contributed by atoms with Crippen LogP contribution in [0.1, 0.15) is 0 Å². The Labute approximate surface area is 295 Å².